The lowest BCUT2D eigenvalue weighted by atomic mass is 10.2. The van der Waals surface area contributed by atoms with Gasteiger partial charge in [-0.2, -0.15) is 5.26 Å². The predicted molar refractivity (Wildman–Crippen MR) is 72.1 cm³/mol. The van der Waals surface area contributed by atoms with Crippen LogP contribution in [-0.4, -0.2) is 29.1 Å². The monoisotopic (exact) mass is 264 g/mol. The molecular weight excluding hydrogens is 248 g/mol. The number of hydrogen-bond donors (Lipinski definition) is 1. The van der Waals surface area contributed by atoms with E-state index in [4.69, 9.17) is 10.4 Å². The molecule has 18 heavy (non-hydrogen) atoms. The zero-order valence-corrected chi connectivity index (χ0v) is 11.3. The molecule has 0 aliphatic rings. The van der Waals surface area contributed by atoms with Crippen LogP contribution < -0.4 is 0 Å². The predicted octanol–water partition coefficient (Wildman–Crippen LogP) is 2.58. The molecular formula is C13H16N2O2S. The smallest absolute Gasteiger partial charge is 0.328 e. The van der Waals surface area contributed by atoms with E-state index in [0.717, 1.165) is 23.1 Å². The number of carbonyl (C=O) groups is 1. The molecule has 0 aliphatic heterocycles. The van der Waals surface area contributed by atoms with Crippen molar-refractivity contribution in [1.29, 1.82) is 5.26 Å². The van der Waals surface area contributed by atoms with Crippen LogP contribution in [-0.2, 0) is 11.3 Å². The van der Waals surface area contributed by atoms with Gasteiger partial charge in [-0.3, -0.25) is 4.90 Å². The van der Waals surface area contributed by atoms with Gasteiger partial charge in [0, 0.05) is 23.5 Å². The van der Waals surface area contributed by atoms with Gasteiger partial charge in [-0.05, 0) is 37.1 Å². The first-order valence-corrected chi connectivity index (χ1v) is 6.47. The summed E-state index contributed by atoms with van der Waals surface area (Å²) in [6.45, 7) is 2.73. The Labute approximate surface area is 111 Å². The van der Waals surface area contributed by atoms with Crippen molar-refractivity contribution in [3.63, 3.8) is 0 Å². The molecule has 1 heterocycles. The van der Waals surface area contributed by atoms with Crippen LogP contribution in [0.4, 0.5) is 0 Å². The fourth-order valence-corrected chi connectivity index (χ4v) is 2.39. The Morgan fingerprint density at radius 1 is 1.72 bits per heavy atom. The fourth-order valence-electron chi connectivity index (χ4n) is 1.46. The van der Waals surface area contributed by atoms with E-state index < -0.39 is 5.97 Å². The number of aliphatic carboxylic acids is 1. The van der Waals surface area contributed by atoms with Gasteiger partial charge < -0.3 is 5.11 Å². The van der Waals surface area contributed by atoms with Crippen molar-refractivity contribution in [2.75, 3.05) is 7.05 Å². The highest BCUT2D eigenvalue weighted by atomic mass is 32.1. The van der Waals surface area contributed by atoms with Gasteiger partial charge in [-0.25, -0.2) is 4.79 Å². The first-order chi connectivity index (χ1) is 8.54. The summed E-state index contributed by atoms with van der Waals surface area (Å²) in [6.07, 6.45) is 3.24. The molecule has 0 radical (unpaired) electrons. The first kappa shape index (κ1) is 14.4. The van der Waals surface area contributed by atoms with Gasteiger partial charge in [0.1, 0.15) is 0 Å². The normalized spacial score (nSPS) is 12.8. The van der Waals surface area contributed by atoms with Gasteiger partial charge in [0.2, 0.25) is 0 Å². The molecule has 0 bridgehead atoms. The number of thiophene rings is 1. The largest absolute Gasteiger partial charge is 0.478 e. The van der Waals surface area contributed by atoms with Crippen LogP contribution in [0.15, 0.2) is 17.5 Å². The van der Waals surface area contributed by atoms with Crippen molar-refractivity contribution in [3.05, 3.63) is 28.0 Å². The van der Waals surface area contributed by atoms with Crippen molar-refractivity contribution in [3.8, 4) is 6.07 Å². The Hall–Kier alpha value is -1.64. The highest BCUT2D eigenvalue weighted by Crippen LogP contribution is 2.21. The second-order valence-electron chi connectivity index (χ2n) is 4.10. The van der Waals surface area contributed by atoms with Gasteiger partial charge in [0.25, 0.3) is 0 Å². The van der Waals surface area contributed by atoms with Crippen molar-refractivity contribution in [2.45, 2.75) is 25.9 Å². The van der Waals surface area contributed by atoms with E-state index in [1.807, 2.05) is 25.4 Å². The summed E-state index contributed by atoms with van der Waals surface area (Å²) in [4.78, 5) is 13.7. The summed E-state index contributed by atoms with van der Waals surface area (Å²) >= 11 is 1.60. The van der Waals surface area contributed by atoms with Crippen molar-refractivity contribution < 1.29 is 9.90 Å². The molecule has 0 saturated heterocycles. The third kappa shape index (κ3) is 4.32. The molecule has 4 nitrogen and oxygen atoms in total. The van der Waals surface area contributed by atoms with Crippen LogP contribution in [0.1, 0.15) is 23.8 Å². The molecule has 0 amide bonds. The average Bonchev–Trinajstić information content (AvgIpc) is 2.74. The highest BCUT2D eigenvalue weighted by molar-refractivity contribution is 7.10. The van der Waals surface area contributed by atoms with Gasteiger partial charge >= 0.3 is 5.97 Å². The fraction of sp³-hybridized carbons (Fsp3) is 0.385. The lowest BCUT2D eigenvalue weighted by Gasteiger charge is -2.22. The van der Waals surface area contributed by atoms with Crippen LogP contribution in [0.25, 0.3) is 6.08 Å². The second kappa shape index (κ2) is 6.94. The third-order valence-corrected chi connectivity index (χ3v) is 3.64. The topological polar surface area (TPSA) is 64.3 Å². The molecule has 0 saturated carbocycles. The van der Waals surface area contributed by atoms with Crippen LogP contribution in [0, 0.1) is 11.3 Å². The van der Waals surface area contributed by atoms with E-state index in [0.29, 0.717) is 6.42 Å². The molecule has 96 valence electrons. The van der Waals surface area contributed by atoms with E-state index in [9.17, 15) is 4.79 Å². The van der Waals surface area contributed by atoms with Crippen LogP contribution in [0.3, 0.4) is 0 Å². The summed E-state index contributed by atoms with van der Waals surface area (Å²) in [5, 5.41) is 19.2. The first-order valence-electron chi connectivity index (χ1n) is 5.59. The zero-order valence-electron chi connectivity index (χ0n) is 10.5. The summed E-state index contributed by atoms with van der Waals surface area (Å²) in [6, 6.07) is 4.25. The molecule has 0 fully saturated rings. The number of hydrogen-bond acceptors (Lipinski definition) is 4. The summed E-state index contributed by atoms with van der Waals surface area (Å²) in [7, 11) is 1.96. The minimum absolute atomic E-state index is 0.188. The highest BCUT2D eigenvalue weighted by Gasteiger charge is 2.11. The van der Waals surface area contributed by atoms with E-state index >= 15 is 0 Å². The number of nitrogens with zero attached hydrogens (tertiary/aromatic N) is 2. The van der Waals surface area contributed by atoms with E-state index in [1.165, 1.54) is 0 Å². The van der Waals surface area contributed by atoms with E-state index in [-0.39, 0.29) is 6.04 Å². The SMILES string of the molecule is CC(CC#N)N(C)Cc1sccc1C=CC(=O)O. The number of carboxylic acid groups (broad SMARTS) is 1. The van der Waals surface area contributed by atoms with Gasteiger partial charge in [0.15, 0.2) is 0 Å². The molecule has 1 rings (SSSR count). The van der Waals surface area contributed by atoms with E-state index in [1.54, 1.807) is 17.4 Å². The van der Waals surface area contributed by atoms with Crippen molar-refractivity contribution >= 4 is 23.4 Å². The second-order valence-corrected chi connectivity index (χ2v) is 5.10. The Bertz CT molecular complexity index is 474. The van der Waals surface area contributed by atoms with Gasteiger partial charge in [-0.1, -0.05) is 0 Å². The molecule has 0 aliphatic carbocycles. The molecule has 0 aromatic carbocycles. The maximum atomic E-state index is 10.5. The molecule has 0 spiro atoms. The lowest BCUT2D eigenvalue weighted by Crippen LogP contribution is -2.27. The van der Waals surface area contributed by atoms with E-state index in [2.05, 4.69) is 11.0 Å². The van der Waals surface area contributed by atoms with Gasteiger partial charge in [0.05, 0.1) is 12.5 Å². The molecule has 1 atom stereocenters. The minimum Gasteiger partial charge on any atom is -0.478 e. The minimum atomic E-state index is -0.946. The molecule has 1 aromatic rings. The Morgan fingerprint density at radius 2 is 2.44 bits per heavy atom. The summed E-state index contributed by atoms with van der Waals surface area (Å²) in [5.74, 6) is -0.946. The summed E-state index contributed by atoms with van der Waals surface area (Å²) in [5.41, 5.74) is 0.929. The standard InChI is InChI=1S/C13H16N2O2S/c1-10(5-7-14)15(2)9-12-11(6-8-18-12)3-4-13(16)17/h3-4,6,8,10H,5,9H2,1-2H3,(H,16,17). The number of carboxylic acids is 1. The number of nitriles is 1. The van der Waals surface area contributed by atoms with Crippen LogP contribution >= 0.6 is 11.3 Å². The molecule has 1 N–H and O–H groups in total. The van der Waals surface area contributed by atoms with Crippen molar-refractivity contribution in [1.82, 2.24) is 4.90 Å². The van der Waals surface area contributed by atoms with Crippen LogP contribution in [0.5, 0.6) is 0 Å². The average molecular weight is 264 g/mol. The Morgan fingerprint density at radius 3 is 3.06 bits per heavy atom. The molecule has 1 aromatic heterocycles. The quantitative estimate of drug-likeness (QED) is 0.802. The molecule has 5 heteroatoms. The van der Waals surface area contributed by atoms with Gasteiger partial charge in [-0.15, -0.1) is 11.3 Å². The zero-order chi connectivity index (χ0) is 13.5. The maximum Gasteiger partial charge on any atom is 0.328 e. The molecule has 1 unspecified atom stereocenters. The van der Waals surface area contributed by atoms with Crippen molar-refractivity contribution in [2.24, 2.45) is 0 Å². The Kier molecular flexibility index (Phi) is 5.56. The Balaban J connectivity index is 2.71. The number of rotatable bonds is 6. The van der Waals surface area contributed by atoms with Crippen LogP contribution in [0.2, 0.25) is 0 Å². The maximum absolute atomic E-state index is 10.5. The third-order valence-electron chi connectivity index (χ3n) is 2.72. The summed E-state index contributed by atoms with van der Waals surface area (Å²) < 4.78 is 0. The lowest BCUT2D eigenvalue weighted by molar-refractivity contribution is -0.131.